The summed E-state index contributed by atoms with van der Waals surface area (Å²) in [6, 6.07) is 20.9. The second kappa shape index (κ2) is 9.06. The Morgan fingerprint density at radius 2 is 1.73 bits per heavy atom. The van der Waals surface area contributed by atoms with Gasteiger partial charge in [0.05, 0.1) is 6.04 Å². The van der Waals surface area contributed by atoms with Crippen molar-refractivity contribution in [2.24, 2.45) is 0 Å². The highest BCUT2D eigenvalue weighted by molar-refractivity contribution is 6.09. The van der Waals surface area contributed by atoms with E-state index in [2.05, 4.69) is 17.6 Å². The van der Waals surface area contributed by atoms with Crippen molar-refractivity contribution in [3.05, 3.63) is 83.4 Å². The van der Waals surface area contributed by atoms with Crippen LogP contribution >= 0.6 is 0 Å². The highest BCUT2D eigenvalue weighted by Gasteiger charge is 2.49. The number of nitrogens with zero attached hydrogens (tertiary/aromatic N) is 1. The maximum absolute atomic E-state index is 13.1. The fraction of sp³-hybridized carbons (Fsp3) is 0.296. The molecule has 0 bridgehead atoms. The van der Waals surface area contributed by atoms with Gasteiger partial charge in [0.1, 0.15) is 12.1 Å². The van der Waals surface area contributed by atoms with E-state index in [-0.39, 0.29) is 18.5 Å². The van der Waals surface area contributed by atoms with Gasteiger partial charge in [0.15, 0.2) is 0 Å². The summed E-state index contributed by atoms with van der Waals surface area (Å²) in [5, 5.41) is 7.89. The summed E-state index contributed by atoms with van der Waals surface area (Å²) < 4.78 is 0. The SMILES string of the molecule is CCCc1ccc(C2(C)NC(=O)N(CC(=O)NC(C)c3ccc4ccccc4c3)C2=O)cc1. The molecule has 0 aromatic heterocycles. The summed E-state index contributed by atoms with van der Waals surface area (Å²) in [5.41, 5.74) is 1.65. The third-order valence-electron chi connectivity index (χ3n) is 6.30. The zero-order chi connectivity index (χ0) is 23.6. The topological polar surface area (TPSA) is 78.5 Å². The van der Waals surface area contributed by atoms with Crippen LogP contribution < -0.4 is 10.6 Å². The molecule has 1 aliphatic rings. The van der Waals surface area contributed by atoms with E-state index in [4.69, 9.17) is 0 Å². The number of nitrogens with one attached hydrogen (secondary N) is 2. The minimum Gasteiger partial charge on any atom is -0.348 e. The van der Waals surface area contributed by atoms with Crippen LogP contribution in [0, 0.1) is 0 Å². The number of amides is 4. The molecule has 3 aromatic rings. The normalized spacial score (nSPS) is 18.9. The van der Waals surface area contributed by atoms with E-state index in [1.165, 1.54) is 5.56 Å². The minimum atomic E-state index is -1.19. The van der Waals surface area contributed by atoms with E-state index < -0.39 is 17.5 Å². The van der Waals surface area contributed by atoms with E-state index >= 15 is 0 Å². The van der Waals surface area contributed by atoms with Crippen molar-refractivity contribution in [2.45, 2.75) is 45.2 Å². The molecule has 1 saturated heterocycles. The number of hydrogen-bond acceptors (Lipinski definition) is 3. The van der Waals surface area contributed by atoms with Crippen LogP contribution in [0.1, 0.15) is 49.9 Å². The minimum absolute atomic E-state index is 0.264. The highest BCUT2D eigenvalue weighted by Crippen LogP contribution is 2.29. The molecule has 1 heterocycles. The van der Waals surface area contributed by atoms with Gasteiger partial charge < -0.3 is 10.6 Å². The average Bonchev–Trinajstić information content (AvgIpc) is 3.03. The quantitative estimate of drug-likeness (QED) is 0.530. The number of imide groups is 1. The first-order chi connectivity index (χ1) is 15.8. The maximum atomic E-state index is 13.1. The Morgan fingerprint density at radius 3 is 2.42 bits per heavy atom. The van der Waals surface area contributed by atoms with Gasteiger partial charge in [-0.15, -0.1) is 0 Å². The Balaban J connectivity index is 1.44. The van der Waals surface area contributed by atoms with Gasteiger partial charge in [-0.1, -0.05) is 74.0 Å². The number of fused-ring (bicyclic) bond motifs is 1. The number of carbonyl (C=O) groups is 3. The van der Waals surface area contributed by atoms with Crippen LogP contribution in [-0.2, 0) is 21.5 Å². The molecule has 0 aliphatic carbocycles. The number of urea groups is 1. The van der Waals surface area contributed by atoms with E-state index in [0.717, 1.165) is 34.1 Å². The smallest absolute Gasteiger partial charge is 0.325 e. The van der Waals surface area contributed by atoms with Crippen LogP contribution in [0.15, 0.2) is 66.7 Å². The second-order valence-corrected chi connectivity index (χ2v) is 8.79. The molecule has 6 nitrogen and oxygen atoms in total. The molecule has 2 unspecified atom stereocenters. The molecule has 2 N–H and O–H groups in total. The van der Waals surface area contributed by atoms with E-state index in [1.54, 1.807) is 6.92 Å². The van der Waals surface area contributed by atoms with Crippen molar-refractivity contribution < 1.29 is 14.4 Å². The van der Waals surface area contributed by atoms with Crippen LogP contribution in [0.3, 0.4) is 0 Å². The molecule has 1 fully saturated rings. The van der Waals surface area contributed by atoms with E-state index in [9.17, 15) is 14.4 Å². The monoisotopic (exact) mass is 443 g/mol. The first-order valence-electron chi connectivity index (χ1n) is 11.3. The zero-order valence-electron chi connectivity index (χ0n) is 19.2. The van der Waals surface area contributed by atoms with E-state index in [1.807, 2.05) is 73.7 Å². The third-order valence-corrected chi connectivity index (χ3v) is 6.30. The molecule has 0 spiro atoms. The molecule has 0 radical (unpaired) electrons. The molecule has 0 saturated carbocycles. The number of carbonyl (C=O) groups excluding carboxylic acids is 3. The summed E-state index contributed by atoms with van der Waals surface area (Å²) >= 11 is 0. The molecule has 4 rings (SSSR count). The predicted octanol–water partition coefficient (Wildman–Crippen LogP) is 4.44. The Labute approximate surface area is 194 Å². The molecule has 170 valence electrons. The average molecular weight is 444 g/mol. The lowest BCUT2D eigenvalue weighted by Gasteiger charge is -2.23. The Kier molecular flexibility index (Phi) is 6.18. The lowest BCUT2D eigenvalue weighted by atomic mass is 9.91. The molecular weight excluding hydrogens is 414 g/mol. The number of benzene rings is 3. The van der Waals surface area contributed by atoms with Gasteiger partial charge in [-0.05, 0) is 53.8 Å². The maximum Gasteiger partial charge on any atom is 0.325 e. The molecule has 1 aliphatic heterocycles. The van der Waals surface area contributed by atoms with Gasteiger partial charge in [0.25, 0.3) is 5.91 Å². The first kappa shape index (κ1) is 22.5. The zero-order valence-corrected chi connectivity index (χ0v) is 19.2. The molecule has 3 aromatic carbocycles. The van der Waals surface area contributed by atoms with Gasteiger partial charge in [-0.25, -0.2) is 4.79 Å². The Hall–Kier alpha value is -3.67. The van der Waals surface area contributed by atoms with Gasteiger partial charge in [-0.3, -0.25) is 14.5 Å². The number of aryl methyl sites for hydroxylation is 1. The van der Waals surface area contributed by atoms with Gasteiger partial charge in [0, 0.05) is 0 Å². The van der Waals surface area contributed by atoms with Crippen LogP contribution in [-0.4, -0.2) is 29.3 Å². The van der Waals surface area contributed by atoms with Gasteiger partial charge in [0.2, 0.25) is 5.91 Å². The standard InChI is InChI=1S/C27H29N3O3/c1-4-7-19-10-14-23(15-11-19)27(3)25(32)30(26(33)29-27)17-24(31)28-18(2)21-13-12-20-8-5-6-9-22(20)16-21/h5-6,8-16,18H,4,7,17H2,1-3H3,(H,28,31)(H,29,33). The third kappa shape index (κ3) is 4.46. The molecule has 33 heavy (non-hydrogen) atoms. The van der Waals surface area contributed by atoms with Crippen molar-refractivity contribution in [2.75, 3.05) is 6.54 Å². The number of hydrogen-bond donors (Lipinski definition) is 2. The fourth-order valence-corrected chi connectivity index (χ4v) is 4.32. The molecular formula is C27H29N3O3. The lowest BCUT2D eigenvalue weighted by molar-refractivity contribution is -0.135. The fourth-order valence-electron chi connectivity index (χ4n) is 4.32. The van der Waals surface area contributed by atoms with Crippen molar-refractivity contribution in [1.29, 1.82) is 0 Å². The summed E-state index contributed by atoms with van der Waals surface area (Å²) in [5.74, 6) is -0.814. The highest BCUT2D eigenvalue weighted by atomic mass is 16.2. The second-order valence-electron chi connectivity index (χ2n) is 8.79. The Bertz CT molecular complexity index is 1200. The number of rotatable bonds is 7. The van der Waals surface area contributed by atoms with Crippen molar-refractivity contribution in [3.8, 4) is 0 Å². The van der Waals surface area contributed by atoms with Crippen molar-refractivity contribution >= 4 is 28.6 Å². The van der Waals surface area contributed by atoms with Crippen LogP contribution in [0.5, 0.6) is 0 Å². The molecule has 4 amide bonds. The van der Waals surface area contributed by atoms with E-state index in [0.29, 0.717) is 5.56 Å². The Morgan fingerprint density at radius 1 is 1.03 bits per heavy atom. The first-order valence-corrected chi connectivity index (χ1v) is 11.3. The van der Waals surface area contributed by atoms with Crippen molar-refractivity contribution in [3.63, 3.8) is 0 Å². The molecule has 6 heteroatoms. The van der Waals surface area contributed by atoms with Crippen LogP contribution in [0.2, 0.25) is 0 Å². The van der Waals surface area contributed by atoms with Gasteiger partial charge in [-0.2, -0.15) is 0 Å². The van der Waals surface area contributed by atoms with Gasteiger partial charge >= 0.3 is 6.03 Å². The summed E-state index contributed by atoms with van der Waals surface area (Å²) in [6.07, 6.45) is 1.99. The predicted molar refractivity (Wildman–Crippen MR) is 129 cm³/mol. The summed E-state index contributed by atoms with van der Waals surface area (Å²) in [7, 11) is 0. The summed E-state index contributed by atoms with van der Waals surface area (Å²) in [4.78, 5) is 39.4. The summed E-state index contributed by atoms with van der Waals surface area (Å²) in [6.45, 7) is 5.35. The largest absolute Gasteiger partial charge is 0.348 e. The molecule has 2 atom stereocenters. The van der Waals surface area contributed by atoms with Crippen molar-refractivity contribution in [1.82, 2.24) is 15.5 Å². The lowest BCUT2D eigenvalue weighted by Crippen LogP contribution is -2.43. The van der Waals surface area contributed by atoms with Crippen LogP contribution in [0.25, 0.3) is 10.8 Å². The van der Waals surface area contributed by atoms with Crippen LogP contribution in [0.4, 0.5) is 4.79 Å².